The van der Waals surface area contributed by atoms with Crippen molar-refractivity contribution in [1.82, 2.24) is 9.97 Å². The van der Waals surface area contributed by atoms with Crippen LogP contribution in [-0.4, -0.2) is 16.0 Å². The van der Waals surface area contributed by atoms with Crippen molar-refractivity contribution in [3.05, 3.63) is 52.9 Å². The van der Waals surface area contributed by atoms with Crippen LogP contribution in [0.1, 0.15) is 17.5 Å². The highest BCUT2D eigenvalue weighted by Crippen LogP contribution is 2.24. The first-order chi connectivity index (χ1) is 8.83. The van der Waals surface area contributed by atoms with Gasteiger partial charge in [0.15, 0.2) is 11.0 Å². The van der Waals surface area contributed by atoms with Gasteiger partial charge in [-0.1, -0.05) is 35.9 Å². The largest absolute Gasteiger partial charge is 0.364 e. The molecule has 1 N–H and O–H groups in total. The number of nitrogens with zero attached hydrogens (tertiary/aromatic N) is 2. The summed E-state index contributed by atoms with van der Waals surface area (Å²) < 4.78 is 0. The Morgan fingerprint density at radius 3 is 2.72 bits per heavy atom. The third-order valence-corrected chi connectivity index (χ3v) is 3.62. The van der Waals surface area contributed by atoms with Crippen molar-refractivity contribution in [2.24, 2.45) is 0 Å². The van der Waals surface area contributed by atoms with Crippen molar-refractivity contribution in [3.8, 4) is 0 Å². The van der Waals surface area contributed by atoms with E-state index in [-0.39, 0.29) is 0 Å². The minimum atomic E-state index is 0.383. The molecule has 2 aromatic rings. The molecule has 1 aromatic carbocycles. The molecule has 1 unspecified atom stereocenters. The molecule has 3 rings (SSSR count). The van der Waals surface area contributed by atoms with Crippen LogP contribution in [0, 0.1) is 0 Å². The van der Waals surface area contributed by atoms with Gasteiger partial charge in [-0.2, -0.15) is 0 Å². The van der Waals surface area contributed by atoms with Gasteiger partial charge < -0.3 is 5.32 Å². The summed E-state index contributed by atoms with van der Waals surface area (Å²) in [7, 11) is 0. The zero-order chi connectivity index (χ0) is 12.4. The minimum Gasteiger partial charge on any atom is -0.364 e. The van der Waals surface area contributed by atoms with Gasteiger partial charge in [-0.15, -0.1) is 0 Å². The second-order valence-corrected chi connectivity index (χ2v) is 4.91. The summed E-state index contributed by atoms with van der Waals surface area (Å²) in [6, 6.07) is 8.99. The van der Waals surface area contributed by atoms with Gasteiger partial charge in [0.25, 0.3) is 0 Å². The summed E-state index contributed by atoms with van der Waals surface area (Å²) >= 11 is 6.01. The van der Waals surface area contributed by atoms with Gasteiger partial charge in [0.1, 0.15) is 0 Å². The van der Waals surface area contributed by atoms with Crippen LogP contribution < -0.4 is 5.32 Å². The minimum absolute atomic E-state index is 0.383. The number of halogens is 1. The molecule has 0 fully saturated rings. The molecule has 1 aliphatic carbocycles. The van der Waals surface area contributed by atoms with Gasteiger partial charge >= 0.3 is 0 Å². The van der Waals surface area contributed by atoms with Gasteiger partial charge in [-0.05, 0) is 30.4 Å². The molecule has 92 valence electrons. The van der Waals surface area contributed by atoms with E-state index in [1.165, 1.54) is 11.1 Å². The van der Waals surface area contributed by atoms with Crippen LogP contribution in [-0.2, 0) is 12.8 Å². The summed E-state index contributed by atoms with van der Waals surface area (Å²) in [5, 5.41) is 3.83. The topological polar surface area (TPSA) is 37.8 Å². The highest BCUT2D eigenvalue weighted by molar-refractivity contribution is 6.31. The van der Waals surface area contributed by atoms with Gasteiger partial charge in [0.2, 0.25) is 0 Å². The molecule has 4 heteroatoms. The first kappa shape index (κ1) is 11.5. The third kappa shape index (κ3) is 2.31. The van der Waals surface area contributed by atoms with Crippen molar-refractivity contribution < 1.29 is 0 Å². The highest BCUT2D eigenvalue weighted by atomic mass is 35.5. The van der Waals surface area contributed by atoms with E-state index in [2.05, 4.69) is 39.6 Å². The second kappa shape index (κ2) is 4.94. The Balaban J connectivity index is 1.75. The fourth-order valence-corrected chi connectivity index (χ4v) is 2.59. The maximum absolute atomic E-state index is 6.01. The monoisotopic (exact) mass is 259 g/mol. The maximum Gasteiger partial charge on any atom is 0.171 e. The summed E-state index contributed by atoms with van der Waals surface area (Å²) in [6.07, 6.45) is 6.48. The third-order valence-electron chi connectivity index (χ3n) is 3.34. The lowest BCUT2D eigenvalue weighted by atomic mass is 9.88. The molecule has 18 heavy (non-hydrogen) atoms. The van der Waals surface area contributed by atoms with Crippen LogP contribution in [0.2, 0.25) is 5.15 Å². The molecule has 0 aliphatic heterocycles. The molecule has 0 spiro atoms. The number of anilines is 1. The fourth-order valence-electron chi connectivity index (χ4n) is 2.43. The molecular formula is C14H14ClN3. The Morgan fingerprint density at radius 1 is 1.11 bits per heavy atom. The highest BCUT2D eigenvalue weighted by Gasteiger charge is 2.19. The Morgan fingerprint density at radius 2 is 1.89 bits per heavy atom. The van der Waals surface area contributed by atoms with Gasteiger partial charge in [0.05, 0.1) is 0 Å². The lowest BCUT2D eigenvalue weighted by Crippen LogP contribution is -2.27. The van der Waals surface area contributed by atoms with E-state index in [1.54, 1.807) is 12.4 Å². The van der Waals surface area contributed by atoms with E-state index in [0.717, 1.165) is 19.3 Å². The molecule has 1 aromatic heterocycles. The molecule has 1 heterocycles. The smallest absolute Gasteiger partial charge is 0.171 e. The van der Waals surface area contributed by atoms with Crippen LogP contribution in [0.5, 0.6) is 0 Å². The van der Waals surface area contributed by atoms with Crippen LogP contribution in [0.3, 0.4) is 0 Å². The number of hydrogen-bond acceptors (Lipinski definition) is 3. The van der Waals surface area contributed by atoms with E-state index >= 15 is 0 Å². The van der Waals surface area contributed by atoms with E-state index in [4.69, 9.17) is 11.6 Å². The van der Waals surface area contributed by atoms with Crippen LogP contribution in [0.15, 0.2) is 36.7 Å². The molecule has 0 amide bonds. The number of rotatable bonds is 2. The molecular weight excluding hydrogens is 246 g/mol. The SMILES string of the molecule is Clc1nccnc1NC1CCc2ccccc2C1. The zero-order valence-corrected chi connectivity index (χ0v) is 10.7. The van der Waals surface area contributed by atoms with Crippen LogP contribution >= 0.6 is 11.6 Å². The normalized spacial score (nSPS) is 18.2. The molecule has 0 saturated heterocycles. The lowest BCUT2D eigenvalue weighted by Gasteiger charge is -2.25. The first-order valence-corrected chi connectivity index (χ1v) is 6.50. The number of hydrogen-bond donors (Lipinski definition) is 1. The number of fused-ring (bicyclic) bond motifs is 1. The predicted molar refractivity (Wildman–Crippen MR) is 72.9 cm³/mol. The summed E-state index contributed by atoms with van der Waals surface area (Å²) in [5.41, 5.74) is 2.88. The van der Waals surface area contributed by atoms with E-state index in [1.807, 2.05) is 0 Å². The number of aromatic nitrogens is 2. The Bertz CT molecular complexity index is 556. The Hall–Kier alpha value is -1.61. The van der Waals surface area contributed by atoms with Crippen molar-refractivity contribution >= 4 is 17.4 Å². The van der Waals surface area contributed by atoms with E-state index < -0.39 is 0 Å². The fraction of sp³-hybridized carbons (Fsp3) is 0.286. The molecule has 3 nitrogen and oxygen atoms in total. The summed E-state index contributed by atoms with van der Waals surface area (Å²) in [6.45, 7) is 0. The average Bonchev–Trinajstić information content (AvgIpc) is 2.41. The van der Waals surface area contributed by atoms with Crippen LogP contribution in [0.4, 0.5) is 5.82 Å². The maximum atomic E-state index is 6.01. The zero-order valence-electron chi connectivity index (χ0n) is 9.94. The first-order valence-electron chi connectivity index (χ1n) is 6.13. The number of nitrogens with one attached hydrogen (secondary N) is 1. The van der Waals surface area contributed by atoms with Crippen molar-refractivity contribution in [2.75, 3.05) is 5.32 Å². The standard InChI is InChI=1S/C14H14ClN3/c15-13-14(17-8-7-16-13)18-12-6-5-10-3-1-2-4-11(10)9-12/h1-4,7-8,12H,5-6,9H2,(H,17,18). The predicted octanol–water partition coefficient (Wildman–Crippen LogP) is 3.10. The molecule has 0 saturated carbocycles. The lowest BCUT2D eigenvalue weighted by molar-refractivity contribution is 0.608. The second-order valence-electron chi connectivity index (χ2n) is 4.55. The van der Waals surface area contributed by atoms with Crippen molar-refractivity contribution in [3.63, 3.8) is 0 Å². The Labute approximate surface area is 111 Å². The van der Waals surface area contributed by atoms with Crippen LogP contribution in [0.25, 0.3) is 0 Å². The Kier molecular flexibility index (Phi) is 3.15. The number of aryl methyl sites for hydroxylation is 1. The van der Waals surface area contributed by atoms with Gasteiger partial charge in [0, 0.05) is 18.4 Å². The molecule has 0 radical (unpaired) electrons. The number of benzene rings is 1. The van der Waals surface area contributed by atoms with E-state index in [0.29, 0.717) is 17.0 Å². The molecule has 1 atom stereocenters. The van der Waals surface area contributed by atoms with Crippen molar-refractivity contribution in [2.45, 2.75) is 25.3 Å². The summed E-state index contributed by atoms with van der Waals surface area (Å²) in [4.78, 5) is 8.25. The quantitative estimate of drug-likeness (QED) is 0.901. The van der Waals surface area contributed by atoms with Gasteiger partial charge in [-0.25, -0.2) is 9.97 Å². The summed E-state index contributed by atoms with van der Waals surface area (Å²) in [5.74, 6) is 0.684. The molecule has 0 bridgehead atoms. The van der Waals surface area contributed by atoms with Gasteiger partial charge in [-0.3, -0.25) is 0 Å². The van der Waals surface area contributed by atoms with Crippen molar-refractivity contribution in [1.29, 1.82) is 0 Å². The average molecular weight is 260 g/mol. The van der Waals surface area contributed by atoms with E-state index in [9.17, 15) is 0 Å². The molecule has 1 aliphatic rings.